The van der Waals surface area contributed by atoms with Crippen molar-refractivity contribution in [3.8, 4) is 5.69 Å². The summed E-state index contributed by atoms with van der Waals surface area (Å²) < 4.78 is 2.33. The molecule has 4 rings (SSSR count). The van der Waals surface area contributed by atoms with Crippen LogP contribution in [-0.2, 0) is 0 Å². The van der Waals surface area contributed by atoms with Gasteiger partial charge in [-0.1, -0.05) is 55.6 Å². The number of nitrogens with zero attached hydrogens (tertiary/aromatic N) is 4. The van der Waals surface area contributed by atoms with Crippen molar-refractivity contribution >= 4 is 11.8 Å². The average Bonchev–Trinajstić information content (AvgIpc) is 3.14. The van der Waals surface area contributed by atoms with Gasteiger partial charge in [-0.25, -0.2) is 0 Å². The molecule has 0 bridgehead atoms. The molecule has 1 saturated heterocycles. The molecule has 1 aromatic carbocycles. The molecule has 0 unspecified atom stereocenters. The van der Waals surface area contributed by atoms with E-state index in [4.69, 9.17) is 0 Å². The number of piperidine rings is 1. The molecule has 1 aromatic heterocycles. The summed E-state index contributed by atoms with van der Waals surface area (Å²) in [5.74, 6) is 2.83. The van der Waals surface area contributed by atoms with Crippen molar-refractivity contribution in [3.05, 3.63) is 36.2 Å². The van der Waals surface area contributed by atoms with Crippen molar-refractivity contribution in [3.63, 3.8) is 0 Å². The molecular formula is C21H30N4S. The van der Waals surface area contributed by atoms with Crippen molar-refractivity contribution < 1.29 is 0 Å². The minimum Gasteiger partial charge on any atom is -0.303 e. The summed E-state index contributed by atoms with van der Waals surface area (Å²) in [5.41, 5.74) is 1.21. The van der Waals surface area contributed by atoms with Gasteiger partial charge in [0.15, 0.2) is 5.16 Å². The SMILES string of the molecule is c1ccc(-n2c(SCCN3CCCCC3)nnc2C2CCCCC2)cc1. The Morgan fingerprint density at radius 3 is 2.38 bits per heavy atom. The van der Waals surface area contributed by atoms with Gasteiger partial charge in [0.1, 0.15) is 5.82 Å². The minimum atomic E-state index is 0.563. The molecule has 5 heteroatoms. The number of likely N-dealkylation sites (tertiary alicyclic amines) is 1. The molecule has 4 nitrogen and oxygen atoms in total. The first kappa shape index (κ1) is 18.1. The Bertz CT molecular complexity index is 673. The summed E-state index contributed by atoms with van der Waals surface area (Å²) in [5, 5.41) is 10.3. The van der Waals surface area contributed by atoms with Crippen molar-refractivity contribution in [1.29, 1.82) is 0 Å². The highest BCUT2D eigenvalue weighted by atomic mass is 32.2. The minimum absolute atomic E-state index is 0.563. The van der Waals surface area contributed by atoms with E-state index >= 15 is 0 Å². The summed E-state index contributed by atoms with van der Waals surface area (Å²) in [6.07, 6.45) is 10.6. The topological polar surface area (TPSA) is 34.0 Å². The van der Waals surface area contributed by atoms with E-state index < -0.39 is 0 Å². The molecule has 0 spiro atoms. The van der Waals surface area contributed by atoms with Gasteiger partial charge in [-0.05, 0) is 50.9 Å². The van der Waals surface area contributed by atoms with Gasteiger partial charge in [0, 0.05) is 23.9 Å². The van der Waals surface area contributed by atoms with E-state index in [1.165, 1.54) is 76.0 Å². The Kier molecular flexibility index (Phi) is 6.28. The Hall–Kier alpha value is -1.33. The highest BCUT2D eigenvalue weighted by molar-refractivity contribution is 7.99. The zero-order valence-corrected chi connectivity index (χ0v) is 16.5. The zero-order chi connectivity index (χ0) is 17.6. The van der Waals surface area contributed by atoms with Gasteiger partial charge >= 0.3 is 0 Å². The molecule has 26 heavy (non-hydrogen) atoms. The fourth-order valence-electron chi connectivity index (χ4n) is 4.27. The van der Waals surface area contributed by atoms with Gasteiger partial charge in [-0.2, -0.15) is 0 Å². The van der Waals surface area contributed by atoms with Crippen LogP contribution in [0.4, 0.5) is 0 Å². The van der Waals surface area contributed by atoms with E-state index in [2.05, 4.69) is 50.0 Å². The summed E-state index contributed by atoms with van der Waals surface area (Å²) in [7, 11) is 0. The molecule has 0 atom stereocenters. The summed E-state index contributed by atoms with van der Waals surface area (Å²) >= 11 is 1.87. The van der Waals surface area contributed by atoms with E-state index in [1.807, 2.05) is 11.8 Å². The van der Waals surface area contributed by atoms with Crippen LogP contribution in [0.2, 0.25) is 0 Å². The summed E-state index contributed by atoms with van der Waals surface area (Å²) in [6.45, 7) is 3.68. The first-order valence-corrected chi connectivity index (χ1v) is 11.3. The molecular weight excluding hydrogens is 340 g/mol. The Labute approximate surface area is 161 Å². The zero-order valence-electron chi connectivity index (χ0n) is 15.6. The molecule has 1 aliphatic heterocycles. The molecule has 2 aromatic rings. The first-order valence-electron chi connectivity index (χ1n) is 10.3. The van der Waals surface area contributed by atoms with Crippen molar-refractivity contribution in [1.82, 2.24) is 19.7 Å². The maximum Gasteiger partial charge on any atom is 0.195 e. The highest BCUT2D eigenvalue weighted by Crippen LogP contribution is 2.34. The number of hydrogen-bond acceptors (Lipinski definition) is 4. The Balaban J connectivity index is 1.50. The van der Waals surface area contributed by atoms with E-state index in [1.54, 1.807) is 0 Å². The molecule has 140 valence electrons. The lowest BCUT2D eigenvalue weighted by atomic mass is 9.88. The Morgan fingerprint density at radius 1 is 0.885 bits per heavy atom. The smallest absolute Gasteiger partial charge is 0.195 e. The van der Waals surface area contributed by atoms with Crippen LogP contribution in [-0.4, -0.2) is 45.1 Å². The van der Waals surface area contributed by atoms with E-state index in [0.29, 0.717) is 5.92 Å². The second kappa shape index (κ2) is 9.05. The second-order valence-corrected chi connectivity index (χ2v) is 8.66. The number of aromatic nitrogens is 3. The van der Waals surface area contributed by atoms with Crippen LogP contribution in [0, 0.1) is 0 Å². The quantitative estimate of drug-likeness (QED) is 0.678. The largest absolute Gasteiger partial charge is 0.303 e. The predicted octanol–water partition coefficient (Wildman–Crippen LogP) is 4.89. The lowest BCUT2D eigenvalue weighted by Gasteiger charge is -2.26. The third kappa shape index (κ3) is 4.32. The maximum atomic E-state index is 4.66. The maximum absolute atomic E-state index is 4.66. The predicted molar refractivity (Wildman–Crippen MR) is 108 cm³/mol. The van der Waals surface area contributed by atoms with Crippen molar-refractivity contribution in [2.75, 3.05) is 25.4 Å². The monoisotopic (exact) mass is 370 g/mol. The third-order valence-electron chi connectivity index (χ3n) is 5.73. The normalized spacial score (nSPS) is 19.7. The molecule has 1 aliphatic carbocycles. The van der Waals surface area contributed by atoms with Gasteiger partial charge in [-0.3, -0.25) is 4.57 Å². The van der Waals surface area contributed by atoms with Gasteiger partial charge in [0.2, 0.25) is 0 Å². The fraction of sp³-hybridized carbons (Fsp3) is 0.619. The Morgan fingerprint density at radius 2 is 1.62 bits per heavy atom. The first-order chi connectivity index (χ1) is 12.9. The van der Waals surface area contributed by atoms with Crippen molar-refractivity contribution in [2.24, 2.45) is 0 Å². The fourth-order valence-corrected chi connectivity index (χ4v) is 5.23. The summed E-state index contributed by atoms with van der Waals surface area (Å²) in [4.78, 5) is 2.60. The van der Waals surface area contributed by atoms with Crippen LogP contribution in [0.5, 0.6) is 0 Å². The van der Waals surface area contributed by atoms with Crippen molar-refractivity contribution in [2.45, 2.75) is 62.4 Å². The molecule has 0 amide bonds. The van der Waals surface area contributed by atoms with Crippen LogP contribution in [0.25, 0.3) is 5.69 Å². The number of hydrogen-bond donors (Lipinski definition) is 0. The lowest BCUT2D eigenvalue weighted by molar-refractivity contribution is 0.242. The van der Waals surface area contributed by atoms with Gasteiger partial charge in [0.05, 0.1) is 0 Å². The molecule has 1 saturated carbocycles. The number of thioether (sulfide) groups is 1. The van der Waals surface area contributed by atoms with Gasteiger partial charge < -0.3 is 4.90 Å². The second-order valence-electron chi connectivity index (χ2n) is 7.60. The number of para-hydroxylation sites is 1. The number of rotatable bonds is 6. The van der Waals surface area contributed by atoms with Crippen LogP contribution in [0.3, 0.4) is 0 Å². The third-order valence-corrected chi connectivity index (χ3v) is 6.64. The van der Waals surface area contributed by atoms with Gasteiger partial charge in [0.25, 0.3) is 0 Å². The molecule has 2 heterocycles. The van der Waals surface area contributed by atoms with Crippen LogP contribution < -0.4 is 0 Å². The van der Waals surface area contributed by atoms with E-state index in [9.17, 15) is 0 Å². The molecule has 2 aliphatic rings. The number of benzene rings is 1. The van der Waals surface area contributed by atoms with Crippen LogP contribution in [0.1, 0.15) is 63.1 Å². The highest BCUT2D eigenvalue weighted by Gasteiger charge is 2.24. The molecule has 2 fully saturated rings. The molecule has 0 radical (unpaired) electrons. The van der Waals surface area contributed by atoms with Gasteiger partial charge in [-0.15, -0.1) is 10.2 Å². The standard InChI is InChI=1S/C21H30N4S/c1-4-10-18(11-5-1)20-22-23-21(25(20)19-12-6-2-7-13-19)26-17-16-24-14-8-3-9-15-24/h2,6-7,12-13,18H,1,3-5,8-11,14-17H2. The van der Waals surface area contributed by atoms with Crippen LogP contribution >= 0.6 is 11.8 Å². The average molecular weight is 371 g/mol. The van der Waals surface area contributed by atoms with Crippen LogP contribution in [0.15, 0.2) is 35.5 Å². The summed E-state index contributed by atoms with van der Waals surface area (Å²) in [6, 6.07) is 10.7. The van der Waals surface area contributed by atoms with E-state index in [-0.39, 0.29) is 0 Å². The van der Waals surface area contributed by atoms with E-state index in [0.717, 1.165) is 17.5 Å². The lowest BCUT2D eigenvalue weighted by Crippen LogP contribution is -2.31. The molecule has 0 N–H and O–H groups in total.